The van der Waals surface area contributed by atoms with Gasteiger partial charge in [-0.2, -0.15) is 0 Å². The Morgan fingerprint density at radius 1 is 1.12 bits per heavy atom. The van der Waals surface area contributed by atoms with E-state index < -0.39 is 0 Å². The van der Waals surface area contributed by atoms with E-state index in [1.54, 1.807) is 0 Å². The number of ether oxygens (including phenoxy) is 1. The van der Waals surface area contributed by atoms with Crippen molar-refractivity contribution >= 4 is 5.97 Å². The van der Waals surface area contributed by atoms with Crippen LogP contribution >= 0.6 is 0 Å². The maximum Gasteiger partial charge on any atom is 0.309 e. The number of hydrogen-bond donors (Lipinski definition) is 1. The molecule has 0 aliphatic carbocycles. The molecule has 1 rings (SSSR count). The second kappa shape index (κ2) is 15.3. The van der Waals surface area contributed by atoms with Crippen molar-refractivity contribution in [3.63, 3.8) is 0 Å². The van der Waals surface area contributed by atoms with Crippen molar-refractivity contribution in [1.29, 1.82) is 0 Å². The van der Waals surface area contributed by atoms with Crippen LogP contribution in [0, 0.1) is 29.6 Å². The van der Waals surface area contributed by atoms with Crippen LogP contribution < -0.4 is 0 Å². The minimum atomic E-state index is -0.272. The number of carbonyl (C=O) groups excluding carboxylic acids is 1. The molecular weight excluding hydrogens is 324 g/mol. The van der Waals surface area contributed by atoms with Crippen molar-refractivity contribution in [3.05, 3.63) is 24.8 Å². The van der Waals surface area contributed by atoms with E-state index in [-0.39, 0.29) is 24.6 Å². The van der Waals surface area contributed by atoms with E-state index in [0.29, 0.717) is 6.42 Å². The van der Waals surface area contributed by atoms with Crippen molar-refractivity contribution in [2.45, 2.75) is 76.7 Å². The van der Waals surface area contributed by atoms with Gasteiger partial charge in [-0.25, -0.2) is 0 Å². The lowest BCUT2D eigenvalue weighted by Gasteiger charge is -2.05. The molecule has 0 aromatic carbocycles. The molecule has 2 atom stereocenters. The molecule has 1 N–H and O–H groups in total. The normalized spacial score (nSPS) is 18.7. The largest absolute Gasteiger partial charge is 0.460 e. The molecular formula is C23H32O3. The lowest BCUT2D eigenvalue weighted by atomic mass is 9.97. The predicted octanol–water partition coefficient (Wildman–Crippen LogP) is 4.56. The molecule has 0 bridgehead atoms. The lowest BCUT2D eigenvalue weighted by Crippen LogP contribution is -2.10. The highest BCUT2D eigenvalue weighted by Gasteiger charge is 2.33. The number of rotatable bonds is 12. The first-order valence-corrected chi connectivity index (χ1v) is 9.83. The van der Waals surface area contributed by atoms with E-state index >= 15 is 0 Å². The molecule has 1 aliphatic rings. The minimum absolute atomic E-state index is 0.000338. The Bertz CT molecular complexity index is 553. The highest BCUT2D eigenvalue weighted by molar-refractivity contribution is 5.74. The third kappa shape index (κ3) is 10.8. The van der Waals surface area contributed by atoms with Gasteiger partial charge in [-0.1, -0.05) is 56.1 Å². The quantitative estimate of drug-likeness (QED) is 0.241. The van der Waals surface area contributed by atoms with Gasteiger partial charge in [-0.15, -0.1) is 6.58 Å². The fourth-order valence-electron chi connectivity index (χ4n) is 2.92. The number of esters is 1. The van der Waals surface area contributed by atoms with Gasteiger partial charge in [0.25, 0.3) is 0 Å². The summed E-state index contributed by atoms with van der Waals surface area (Å²) in [5, 5.41) is 9.01. The Hall–Kier alpha value is -1.97. The van der Waals surface area contributed by atoms with Gasteiger partial charge in [0, 0.05) is 6.42 Å². The summed E-state index contributed by atoms with van der Waals surface area (Å²) in [6, 6.07) is 0. The SMILES string of the molecule is C=CCC/C=C\C#CC#CCCCCCCCC[C@@H]1C[C@@H](CO)OC1=O. The van der Waals surface area contributed by atoms with Crippen LogP contribution in [-0.4, -0.2) is 23.8 Å². The monoisotopic (exact) mass is 356 g/mol. The van der Waals surface area contributed by atoms with Crippen LogP contribution in [0.1, 0.15) is 70.6 Å². The summed E-state index contributed by atoms with van der Waals surface area (Å²) in [5.74, 6) is 11.6. The molecule has 1 saturated heterocycles. The molecule has 1 fully saturated rings. The van der Waals surface area contributed by atoms with Crippen molar-refractivity contribution in [1.82, 2.24) is 0 Å². The van der Waals surface area contributed by atoms with Gasteiger partial charge >= 0.3 is 5.97 Å². The molecule has 0 radical (unpaired) electrons. The highest BCUT2D eigenvalue weighted by Crippen LogP contribution is 2.26. The molecule has 3 nitrogen and oxygen atoms in total. The highest BCUT2D eigenvalue weighted by atomic mass is 16.6. The lowest BCUT2D eigenvalue weighted by molar-refractivity contribution is -0.145. The maximum absolute atomic E-state index is 11.6. The summed E-state index contributed by atoms with van der Waals surface area (Å²) in [6.45, 7) is 3.62. The molecule has 0 aromatic heterocycles. The summed E-state index contributed by atoms with van der Waals surface area (Å²) in [7, 11) is 0. The second-order valence-electron chi connectivity index (χ2n) is 6.67. The molecule has 1 heterocycles. The summed E-state index contributed by atoms with van der Waals surface area (Å²) >= 11 is 0. The van der Waals surface area contributed by atoms with Crippen LogP contribution in [0.4, 0.5) is 0 Å². The topological polar surface area (TPSA) is 46.5 Å². The average Bonchev–Trinajstić information content (AvgIpc) is 3.01. The van der Waals surface area contributed by atoms with Crippen molar-refractivity contribution < 1.29 is 14.6 Å². The van der Waals surface area contributed by atoms with E-state index in [9.17, 15) is 4.79 Å². The third-order valence-corrected chi connectivity index (χ3v) is 4.43. The van der Waals surface area contributed by atoms with Crippen molar-refractivity contribution in [2.24, 2.45) is 5.92 Å². The van der Waals surface area contributed by atoms with Crippen LogP contribution in [0.25, 0.3) is 0 Å². The molecule has 142 valence electrons. The number of cyclic esters (lactones) is 1. The molecule has 1 aliphatic heterocycles. The summed E-state index contributed by atoms with van der Waals surface area (Å²) in [6.07, 6.45) is 16.9. The minimum Gasteiger partial charge on any atom is -0.460 e. The van der Waals surface area contributed by atoms with E-state index in [2.05, 4.69) is 30.3 Å². The van der Waals surface area contributed by atoms with Crippen molar-refractivity contribution in [2.75, 3.05) is 6.61 Å². The van der Waals surface area contributed by atoms with Gasteiger partial charge in [0.1, 0.15) is 6.10 Å². The Labute approximate surface area is 158 Å². The smallest absolute Gasteiger partial charge is 0.309 e. The van der Waals surface area contributed by atoms with Crippen LogP contribution in [-0.2, 0) is 9.53 Å². The van der Waals surface area contributed by atoms with Crippen LogP contribution in [0.15, 0.2) is 24.8 Å². The zero-order valence-corrected chi connectivity index (χ0v) is 15.8. The number of aliphatic hydroxyl groups is 1. The Morgan fingerprint density at radius 2 is 1.88 bits per heavy atom. The molecule has 0 saturated carbocycles. The first-order chi connectivity index (χ1) is 12.8. The Balaban J connectivity index is 1.92. The predicted molar refractivity (Wildman–Crippen MR) is 106 cm³/mol. The number of carbonyl (C=O) groups is 1. The van der Waals surface area contributed by atoms with E-state index in [1.165, 1.54) is 19.3 Å². The van der Waals surface area contributed by atoms with Crippen LogP contribution in [0.3, 0.4) is 0 Å². The molecule has 0 unspecified atom stereocenters. The Morgan fingerprint density at radius 3 is 2.62 bits per heavy atom. The van der Waals surface area contributed by atoms with Gasteiger partial charge in [-0.05, 0) is 50.0 Å². The van der Waals surface area contributed by atoms with Crippen LogP contribution in [0.5, 0.6) is 0 Å². The first kappa shape index (κ1) is 22.1. The van der Waals surface area contributed by atoms with E-state index in [1.807, 2.05) is 18.2 Å². The van der Waals surface area contributed by atoms with E-state index in [4.69, 9.17) is 9.84 Å². The van der Waals surface area contributed by atoms with Gasteiger partial charge in [0.15, 0.2) is 0 Å². The van der Waals surface area contributed by atoms with Crippen molar-refractivity contribution in [3.8, 4) is 23.7 Å². The molecule has 0 spiro atoms. The Kier molecular flexibility index (Phi) is 13.0. The summed E-state index contributed by atoms with van der Waals surface area (Å²) < 4.78 is 5.08. The number of aliphatic hydroxyl groups excluding tert-OH is 1. The third-order valence-electron chi connectivity index (χ3n) is 4.43. The zero-order chi connectivity index (χ0) is 18.9. The standard InChI is InChI=1S/C23H32O3/c1-2-3-4-5-6-7-8-9-10-11-12-13-14-15-16-17-18-21-19-22(20-24)26-23(21)25/h2,5-6,21-22,24H,1,3-4,11-20H2/b6-5-/t21-,22+/m1/s1. The zero-order valence-electron chi connectivity index (χ0n) is 15.8. The summed E-state index contributed by atoms with van der Waals surface area (Å²) in [4.78, 5) is 11.6. The van der Waals surface area contributed by atoms with Gasteiger partial charge < -0.3 is 9.84 Å². The average molecular weight is 357 g/mol. The molecule has 26 heavy (non-hydrogen) atoms. The number of unbranched alkanes of at least 4 members (excludes halogenated alkanes) is 7. The maximum atomic E-state index is 11.6. The van der Waals surface area contributed by atoms with Gasteiger partial charge in [0.05, 0.1) is 12.5 Å². The first-order valence-electron chi connectivity index (χ1n) is 9.83. The summed E-state index contributed by atoms with van der Waals surface area (Å²) in [5.41, 5.74) is 0. The van der Waals surface area contributed by atoms with Crippen LogP contribution in [0.2, 0.25) is 0 Å². The second-order valence-corrected chi connectivity index (χ2v) is 6.67. The molecule has 0 amide bonds. The van der Waals surface area contributed by atoms with Gasteiger partial charge in [0.2, 0.25) is 0 Å². The number of hydrogen-bond acceptors (Lipinski definition) is 3. The molecule has 3 heteroatoms. The van der Waals surface area contributed by atoms with E-state index in [0.717, 1.165) is 44.9 Å². The molecule has 0 aromatic rings. The number of allylic oxidation sites excluding steroid dienone is 3. The fraction of sp³-hybridized carbons (Fsp3) is 0.609. The van der Waals surface area contributed by atoms with Gasteiger partial charge in [-0.3, -0.25) is 4.79 Å². The fourth-order valence-corrected chi connectivity index (χ4v) is 2.92.